The summed E-state index contributed by atoms with van der Waals surface area (Å²) >= 11 is 13.5. The van der Waals surface area contributed by atoms with Gasteiger partial charge in [0.1, 0.15) is 5.75 Å². The van der Waals surface area contributed by atoms with Gasteiger partial charge >= 0.3 is 0 Å². The number of nitrogens with zero attached hydrogens (tertiary/aromatic N) is 3. The van der Waals surface area contributed by atoms with E-state index in [9.17, 15) is 4.79 Å². The van der Waals surface area contributed by atoms with Gasteiger partial charge in [0.25, 0.3) is 0 Å². The third-order valence-electron chi connectivity index (χ3n) is 4.29. The number of allylic oxidation sites excluding steroid dienone is 1. The van der Waals surface area contributed by atoms with E-state index in [0.717, 1.165) is 11.3 Å². The highest BCUT2D eigenvalue weighted by Gasteiger charge is 2.20. The number of carbonyl (C=O) groups is 1. The zero-order chi connectivity index (χ0) is 22.4. The molecule has 3 rings (SSSR count). The SMILES string of the molecule is C=CCn1c(SCC(=O)Nc2ccc(C)cc2)nnc1C(C)Oc1cc(Cl)ccc1Cl. The lowest BCUT2D eigenvalue weighted by Crippen LogP contribution is -2.15. The van der Waals surface area contributed by atoms with Gasteiger partial charge < -0.3 is 10.1 Å². The van der Waals surface area contributed by atoms with Crippen molar-refractivity contribution in [2.75, 3.05) is 11.1 Å². The number of aryl methyl sites for hydroxylation is 1. The van der Waals surface area contributed by atoms with Crippen LogP contribution in [-0.4, -0.2) is 26.4 Å². The van der Waals surface area contributed by atoms with Gasteiger partial charge in [-0.2, -0.15) is 0 Å². The molecule has 1 atom stereocenters. The van der Waals surface area contributed by atoms with Crippen LogP contribution >= 0.6 is 35.0 Å². The minimum atomic E-state index is -0.445. The van der Waals surface area contributed by atoms with Crippen LogP contribution in [0.1, 0.15) is 24.4 Å². The molecule has 1 N–H and O–H groups in total. The smallest absolute Gasteiger partial charge is 0.234 e. The van der Waals surface area contributed by atoms with E-state index in [1.54, 1.807) is 24.3 Å². The number of halogens is 2. The van der Waals surface area contributed by atoms with Crippen molar-refractivity contribution >= 4 is 46.6 Å². The Morgan fingerprint density at radius 1 is 1.26 bits per heavy atom. The van der Waals surface area contributed by atoms with Crippen molar-refractivity contribution < 1.29 is 9.53 Å². The second-order valence-electron chi connectivity index (χ2n) is 6.78. The van der Waals surface area contributed by atoms with E-state index >= 15 is 0 Å². The van der Waals surface area contributed by atoms with Gasteiger partial charge in [-0.05, 0) is 38.1 Å². The largest absolute Gasteiger partial charge is 0.481 e. The summed E-state index contributed by atoms with van der Waals surface area (Å²) in [6.07, 6.45) is 1.29. The van der Waals surface area contributed by atoms with Gasteiger partial charge in [-0.15, -0.1) is 16.8 Å². The van der Waals surface area contributed by atoms with E-state index in [0.29, 0.717) is 33.3 Å². The number of rotatable bonds is 9. The Labute approximate surface area is 195 Å². The maximum absolute atomic E-state index is 12.3. The van der Waals surface area contributed by atoms with E-state index in [2.05, 4.69) is 22.1 Å². The lowest BCUT2D eigenvalue weighted by Gasteiger charge is -2.16. The molecule has 0 aliphatic rings. The minimum absolute atomic E-state index is 0.126. The zero-order valence-electron chi connectivity index (χ0n) is 17.1. The van der Waals surface area contributed by atoms with Crippen LogP contribution in [-0.2, 0) is 11.3 Å². The van der Waals surface area contributed by atoms with Crippen LogP contribution in [0.4, 0.5) is 5.69 Å². The molecule has 162 valence electrons. The number of carbonyl (C=O) groups excluding carboxylic acids is 1. The molecule has 2 aromatic carbocycles. The molecule has 31 heavy (non-hydrogen) atoms. The summed E-state index contributed by atoms with van der Waals surface area (Å²) in [6.45, 7) is 8.12. The predicted molar refractivity (Wildman–Crippen MR) is 126 cm³/mol. The number of amides is 1. The van der Waals surface area contributed by atoms with Gasteiger partial charge in [-0.3, -0.25) is 9.36 Å². The predicted octanol–water partition coefficient (Wildman–Crippen LogP) is 5.95. The average Bonchev–Trinajstić information content (AvgIpc) is 3.14. The standard InChI is InChI=1S/C22H22Cl2N4O2S/c1-4-11-28-21(15(3)30-19-12-16(23)7-10-18(19)24)26-27-22(28)31-13-20(29)25-17-8-5-14(2)6-9-17/h4-10,12,15H,1,11,13H2,2-3H3,(H,25,29). The number of hydrogen-bond donors (Lipinski definition) is 1. The molecular formula is C22H22Cl2N4O2S. The minimum Gasteiger partial charge on any atom is -0.481 e. The first-order chi connectivity index (χ1) is 14.9. The molecule has 1 aromatic heterocycles. The molecule has 0 fully saturated rings. The molecule has 1 heterocycles. The number of thioether (sulfide) groups is 1. The third-order valence-corrected chi connectivity index (χ3v) is 5.80. The Morgan fingerprint density at radius 2 is 2.00 bits per heavy atom. The van der Waals surface area contributed by atoms with E-state index in [1.807, 2.05) is 42.7 Å². The molecule has 0 aliphatic carbocycles. The van der Waals surface area contributed by atoms with E-state index in [-0.39, 0.29) is 11.7 Å². The first-order valence-corrected chi connectivity index (χ1v) is 11.3. The van der Waals surface area contributed by atoms with Crippen molar-refractivity contribution in [1.82, 2.24) is 14.8 Å². The molecule has 9 heteroatoms. The number of benzene rings is 2. The Morgan fingerprint density at radius 3 is 2.71 bits per heavy atom. The summed E-state index contributed by atoms with van der Waals surface area (Å²) < 4.78 is 7.83. The molecular weight excluding hydrogens is 455 g/mol. The summed E-state index contributed by atoms with van der Waals surface area (Å²) in [6, 6.07) is 12.7. The number of aromatic nitrogens is 3. The molecule has 0 saturated heterocycles. The first kappa shape index (κ1) is 23.2. The Balaban J connectivity index is 1.69. The summed E-state index contributed by atoms with van der Waals surface area (Å²) in [5.41, 5.74) is 1.89. The third kappa shape index (κ3) is 6.26. The fourth-order valence-electron chi connectivity index (χ4n) is 2.78. The zero-order valence-corrected chi connectivity index (χ0v) is 19.5. The van der Waals surface area contributed by atoms with Crippen molar-refractivity contribution in [3.8, 4) is 5.75 Å². The quantitative estimate of drug-likeness (QED) is 0.305. The molecule has 3 aromatic rings. The summed E-state index contributed by atoms with van der Waals surface area (Å²) in [7, 11) is 0. The summed E-state index contributed by atoms with van der Waals surface area (Å²) in [5, 5.41) is 13.0. The number of ether oxygens (including phenoxy) is 1. The number of nitrogens with one attached hydrogen (secondary N) is 1. The van der Waals surface area contributed by atoms with Crippen molar-refractivity contribution in [1.29, 1.82) is 0 Å². The lowest BCUT2D eigenvalue weighted by molar-refractivity contribution is -0.113. The molecule has 6 nitrogen and oxygen atoms in total. The van der Waals surface area contributed by atoms with Gasteiger partial charge in [-0.1, -0.05) is 58.7 Å². The normalized spacial score (nSPS) is 11.7. The topological polar surface area (TPSA) is 69.0 Å². The first-order valence-electron chi connectivity index (χ1n) is 9.52. The summed E-state index contributed by atoms with van der Waals surface area (Å²) in [5.74, 6) is 1.12. The van der Waals surface area contributed by atoms with Gasteiger partial charge in [-0.25, -0.2) is 0 Å². The molecule has 0 spiro atoms. The Hall–Kier alpha value is -2.48. The van der Waals surface area contributed by atoms with Crippen LogP contribution in [0.5, 0.6) is 5.75 Å². The van der Waals surface area contributed by atoms with Crippen LogP contribution in [0, 0.1) is 6.92 Å². The highest BCUT2D eigenvalue weighted by molar-refractivity contribution is 7.99. The second-order valence-corrected chi connectivity index (χ2v) is 8.56. The van der Waals surface area contributed by atoms with Crippen LogP contribution < -0.4 is 10.1 Å². The molecule has 1 unspecified atom stereocenters. The highest BCUT2D eigenvalue weighted by Crippen LogP contribution is 2.32. The molecule has 0 bridgehead atoms. The number of anilines is 1. The van der Waals surface area contributed by atoms with E-state index in [4.69, 9.17) is 27.9 Å². The monoisotopic (exact) mass is 476 g/mol. The fraction of sp³-hybridized carbons (Fsp3) is 0.227. The lowest BCUT2D eigenvalue weighted by atomic mass is 10.2. The van der Waals surface area contributed by atoms with Crippen molar-refractivity contribution in [3.05, 3.63) is 76.6 Å². The van der Waals surface area contributed by atoms with Gasteiger partial charge in [0.15, 0.2) is 17.1 Å². The molecule has 1 amide bonds. The van der Waals surface area contributed by atoms with Gasteiger partial charge in [0.05, 0.1) is 10.8 Å². The maximum atomic E-state index is 12.3. The Kier molecular flexibility index (Phi) is 8.01. The van der Waals surface area contributed by atoms with Crippen LogP contribution in [0.3, 0.4) is 0 Å². The average molecular weight is 477 g/mol. The van der Waals surface area contributed by atoms with E-state index < -0.39 is 6.10 Å². The van der Waals surface area contributed by atoms with Crippen molar-refractivity contribution in [2.45, 2.75) is 31.7 Å². The van der Waals surface area contributed by atoms with Crippen molar-refractivity contribution in [2.24, 2.45) is 0 Å². The maximum Gasteiger partial charge on any atom is 0.234 e. The van der Waals surface area contributed by atoms with Crippen molar-refractivity contribution in [3.63, 3.8) is 0 Å². The van der Waals surface area contributed by atoms with Crippen LogP contribution in [0.2, 0.25) is 10.0 Å². The highest BCUT2D eigenvalue weighted by atomic mass is 35.5. The van der Waals surface area contributed by atoms with Gasteiger partial charge in [0, 0.05) is 23.3 Å². The fourth-order valence-corrected chi connectivity index (χ4v) is 3.86. The molecule has 0 radical (unpaired) electrons. The van der Waals surface area contributed by atoms with Crippen LogP contribution in [0.15, 0.2) is 60.3 Å². The Bertz CT molecular complexity index is 1070. The number of hydrogen-bond acceptors (Lipinski definition) is 5. The summed E-state index contributed by atoms with van der Waals surface area (Å²) in [4.78, 5) is 12.3. The molecule has 0 aliphatic heterocycles. The van der Waals surface area contributed by atoms with Gasteiger partial charge in [0.2, 0.25) is 5.91 Å². The molecule has 0 saturated carbocycles. The van der Waals surface area contributed by atoms with E-state index in [1.165, 1.54) is 11.8 Å². The second kappa shape index (κ2) is 10.7. The van der Waals surface area contributed by atoms with Crippen LogP contribution in [0.25, 0.3) is 0 Å².